The summed E-state index contributed by atoms with van der Waals surface area (Å²) in [5.41, 5.74) is 3.65. The van der Waals surface area contributed by atoms with Gasteiger partial charge in [-0.1, -0.05) is 30.3 Å². The number of hydrogen-bond acceptors (Lipinski definition) is 2. The number of nitrogens with one attached hydrogen (secondary N) is 1. The van der Waals surface area contributed by atoms with Crippen LogP contribution in [0.3, 0.4) is 0 Å². The van der Waals surface area contributed by atoms with Crippen LogP contribution >= 0.6 is 0 Å². The van der Waals surface area contributed by atoms with Crippen LogP contribution in [0.2, 0.25) is 0 Å². The van der Waals surface area contributed by atoms with Gasteiger partial charge in [0.1, 0.15) is 0 Å². The molecule has 132 valence electrons. The first-order chi connectivity index (χ1) is 12.5. The largest absolute Gasteiger partial charge is 0.326 e. The van der Waals surface area contributed by atoms with Gasteiger partial charge in [0.2, 0.25) is 5.91 Å². The number of aryl methyl sites for hydroxylation is 2. The van der Waals surface area contributed by atoms with Gasteiger partial charge in [-0.05, 0) is 55.5 Å². The molecule has 2 atom stereocenters. The summed E-state index contributed by atoms with van der Waals surface area (Å²) in [6.07, 6.45) is 1.90. The number of rotatable bonds is 4. The first kappa shape index (κ1) is 16.6. The van der Waals surface area contributed by atoms with Gasteiger partial charge in [0.05, 0.1) is 5.52 Å². The summed E-state index contributed by atoms with van der Waals surface area (Å²) >= 11 is 0. The number of carbonyl (C=O) groups is 1. The highest BCUT2D eigenvalue weighted by molar-refractivity contribution is 5.96. The Balaban J connectivity index is 1.47. The molecule has 2 aromatic carbocycles. The SMILES string of the molecule is Cc1cc2cc(NC(=O)C3CC3Cc3ccccc3)ccc2n(C)c1=O. The van der Waals surface area contributed by atoms with Gasteiger partial charge in [-0.3, -0.25) is 9.59 Å². The number of anilines is 1. The molecule has 0 spiro atoms. The summed E-state index contributed by atoms with van der Waals surface area (Å²) in [5.74, 6) is 0.612. The number of hydrogen-bond donors (Lipinski definition) is 1. The van der Waals surface area contributed by atoms with E-state index >= 15 is 0 Å². The molecule has 1 aromatic heterocycles. The van der Waals surface area contributed by atoms with Gasteiger partial charge >= 0.3 is 0 Å². The Kier molecular flexibility index (Phi) is 4.11. The molecular weight excluding hydrogens is 324 g/mol. The fourth-order valence-corrected chi connectivity index (χ4v) is 3.67. The smallest absolute Gasteiger partial charge is 0.253 e. The molecule has 4 nitrogen and oxygen atoms in total. The maximum atomic E-state index is 12.5. The molecule has 0 saturated heterocycles. The van der Waals surface area contributed by atoms with Gasteiger partial charge in [0.15, 0.2) is 0 Å². The number of pyridine rings is 1. The fraction of sp³-hybridized carbons (Fsp3) is 0.273. The van der Waals surface area contributed by atoms with Crippen molar-refractivity contribution in [2.24, 2.45) is 18.9 Å². The van der Waals surface area contributed by atoms with E-state index in [0.29, 0.717) is 11.5 Å². The third-order valence-corrected chi connectivity index (χ3v) is 5.27. The van der Waals surface area contributed by atoms with Crippen LogP contribution in [0.4, 0.5) is 5.69 Å². The van der Waals surface area contributed by atoms with Crippen LogP contribution in [-0.4, -0.2) is 10.5 Å². The van der Waals surface area contributed by atoms with E-state index in [1.165, 1.54) is 5.56 Å². The molecule has 1 fully saturated rings. The Morgan fingerprint density at radius 2 is 1.92 bits per heavy atom. The second-order valence-electron chi connectivity index (χ2n) is 7.25. The number of fused-ring (bicyclic) bond motifs is 1. The lowest BCUT2D eigenvalue weighted by Gasteiger charge is -2.10. The first-order valence-electron chi connectivity index (χ1n) is 8.98. The van der Waals surface area contributed by atoms with Crippen molar-refractivity contribution in [3.8, 4) is 0 Å². The quantitative estimate of drug-likeness (QED) is 0.784. The lowest BCUT2D eigenvalue weighted by molar-refractivity contribution is -0.117. The van der Waals surface area contributed by atoms with Crippen LogP contribution < -0.4 is 10.9 Å². The number of nitrogens with zero attached hydrogens (tertiary/aromatic N) is 1. The first-order valence-corrected chi connectivity index (χ1v) is 8.98. The summed E-state index contributed by atoms with van der Waals surface area (Å²) in [4.78, 5) is 24.6. The Morgan fingerprint density at radius 3 is 2.69 bits per heavy atom. The maximum Gasteiger partial charge on any atom is 0.253 e. The molecule has 0 radical (unpaired) electrons. The minimum atomic E-state index is 0.0102. The van der Waals surface area contributed by atoms with E-state index in [-0.39, 0.29) is 17.4 Å². The third-order valence-electron chi connectivity index (χ3n) is 5.27. The van der Waals surface area contributed by atoms with Crippen molar-refractivity contribution in [1.29, 1.82) is 0 Å². The molecule has 3 aromatic rings. The van der Waals surface area contributed by atoms with Crippen LogP contribution in [-0.2, 0) is 18.3 Å². The van der Waals surface area contributed by atoms with Gasteiger partial charge in [-0.25, -0.2) is 0 Å². The van der Waals surface area contributed by atoms with Gasteiger partial charge in [0, 0.05) is 29.6 Å². The van der Waals surface area contributed by atoms with Crippen LogP contribution in [0, 0.1) is 18.8 Å². The minimum absolute atomic E-state index is 0.0102. The lowest BCUT2D eigenvalue weighted by atomic mass is 10.1. The molecule has 1 aliphatic carbocycles. The summed E-state index contributed by atoms with van der Waals surface area (Å²) in [6, 6.07) is 17.9. The van der Waals surface area contributed by atoms with Crippen molar-refractivity contribution in [3.63, 3.8) is 0 Å². The minimum Gasteiger partial charge on any atom is -0.326 e. The van der Waals surface area contributed by atoms with Crippen molar-refractivity contribution in [2.75, 3.05) is 5.32 Å². The summed E-state index contributed by atoms with van der Waals surface area (Å²) in [5, 5.41) is 4.00. The van der Waals surface area contributed by atoms with E-state index in [4.69, 9.17) is 0 Å². The molecule has 26 heavy (non-hydrogen) atoms. The molecule has 1 heterocycles. The molecule has 0 bridgehead atoms. The lowest BCUT2D eigenvalue weighted by Crippen LogP contribution is -2.19. The zero-order chi connectivity index (χ0) is 18.3. The third kappa shape index (κ3) is 3.15. The molecule has 2 unspecified atom stereocenters. The molecule has 4 heteroatoms. The zero-order valence-corrected chi connectivity index (χ0v) is 15.0. The predicted molar refractivity (Wildman–Crippen MR) is 104 cm³/mol. The molecule has 1 amide bonds. The maximum absolute atomic E-state index is 12.5. The van der Waals surface area contributed by atoms with Gasteiger partial charge in [-0.2, -0.15) is 0 Å². The monoisotopic (exact) mass is 346 g/mol. The zero-order valence-electron chi connectivity index (χ0n) is 15.0. The van der Waals surface area contributed by atoms with Crippen LogP contribution in [0.15, 0.2) is 59.4 Å². The highest BCUT2D eigenvalue weighted by atomic mass is 16.2. The Morgan fingerprint density at radius 1 is 1.15 bits per heavy atom. The van der Waals surface area contributed by atoms with Gasteiger partial charge in [0.25, 0.3) is 5.56 Å². The number of aromatic nitrogens is 1. The fourth-order valence-electron chi connectivity index (χ4n) is 3.67. The molecule has 4 rings (SSSR count). The van der Waals surface area contributed by atoms with Crippen LogP contribution in [0.1, 0.15) is 17.5 Å². The van der Waals surface area contributed by atoms with E-state index in [9.17, 15) is 9.59 Å². The number of amides is 1. The van der Waals surface area contributed by atoms with Crippen LogP contribution in [0.5, 0.6) is 0 Å². The van der Waals surface area contributed by atoms with Crippen molar-refractivity contribution in [3.05, 3.63) is 76.1 Å². The molecule has 0 aliphatic heterocycles. The summed E-state index contributed by atoms with van der Waals surface area (Å²) in [6.45, 7) is 1.81. The number of carbonyl (C=O) groups excluding carboxylic acids is 1. The Hall–Kier alpha value is -2.88. The van der Waals surface area contributed by atoms with E-state index in [1.54, 1.807) is 11.6 Å². The standard InChI is InChI=1S/C22H22N2O2/c1-14-10-17-12-18(8-9-20(17)24(2)22(14)26)23-21(25)19-13-16(19)11-15-6-4-3-5-7-15/h3-10,12,16,19H,11,13H2,1-2H3,(H,23,25). The Labute approximate surface area is 152 Å². The summed E-state index contributed by atoms with van der Waals surface area (Å²) < 4.78 is 1.65. The molecular formula is C22H22N2O2. The van der Waals surface area contributed by atoms with Crippen molar-refractivity contribution >= 4 is 22.5 Å². The topological polar surface area (TPSA) is 51.1 Å². The van der Waals surface area contributed by atoms with Crippen molar-refractivity contribution < 1.29 is 4.79 Å². The second kappa shape index (κ2) is 6.45. The highest BCUT2D eigenvalue weighted by Gasteiger charge is 2.42. The van der Waals surface area contributed by atoms with E-state index in [0.717, 1.165) is 29.4 Å². The van der Waals surface area contributed by atoms with Gasteiger partial charge < -0.3 is 9.88 Å². The Bertz CT molecular complexity index is 1040. The molecule has 1 N–H and O–H groups in total. The normalized spacial score (nSPS) is 18.7. The van der Waals surface area contributed by atoms with Crippen molar-refractivity contribution in [1.82, 2.24) is 4.57 Å². The highest BCUT2D eigenvalue weighted by Crippen LogP contribution is 2.41. The van der Waals surface area contributed by atoms with Crippen LogP contribution in [0.25, 0.3) is 10.9 Å². The van der Waals surface area contributed by atoms with E-state index < -0.39 is 0 Å². The molecule has 1 saturated carbocycles. The average molecular weight is 346 g/mol. The van der Waals surface area contributed by atoms with Crippen molar-refractivity contribution in [2.45, 2.75) is 19.8 Å². The second-order valence-corrected chi connectivity index (χ2v) is 7.25. The molecule has 1 aliphatic rings. The van der Waals surface area contributed by atoms with E-state index in [2.05, 4.69) is 17.4 Å². The van der Waals surface area contributed by atoms with E-state index in [1.807, 2.05) is 49.4 Å². The predicted octanol–water partition coefficient (Wildman–Crippen LogP) is 3.66. The van der Waals surface area contributed by atoms with Gasteiger partial charge in [-0.15, -0.1) is 0 Å². The summed E-state index contributed by atoms with van der Waals surface area (Å²) in [7, 11) is 1.77. The average Bonchev–Trinajstić information content (AvgIpc) is 3.40. The number of benzene rings is 2.